The van der Waals surface area contributed by atoms with E-state index in [1.54, 1.807) is 12.1 Å². The molecule has 1 saturated heterocycles. The summed E-state index contributed by atoms with van der Waals surface area (Å²) in [6.45, 7) is 0.711. The average Bonchev–Trinajstić information content (AvgIpc) is 2.49. The Bertz CT molecular complexity index is 455. The Balaban J connectivity index is 0.00000242. The van der Waals surface area contributed by atoms with Crippen molar-refractivity contribution in [3.63, 3.8) is 0 Å². The van der Waals surface area contributed by atoms with E-state index in [0.717, 1.165) is 44.6 Å². The van der Waals surface area contributed by atoms with E-state index in [1.165, 1.54) is 13.2 Å². The maximum absolute atomic E-state index is 12.3. The number of methoxy groups -OCH3 is 1. The summed E-state index contributed by atoms with van der Waals surface area (Å²) in [5.74, 6) is 1.03. The molecular formula is C15H23ClF2N2O2. The van der Waals surface area contributed by atoms with Crippen LogP contribution in [0.15, 0.2) is 18.2 Å². The summed E-state index contributed by atoms with van der Waals surface area (Å²) in [6, 6.07) is 5.09. The van der Waals surface area contributed by atoms with Crippen molar-refractivity contribution in [3.05, 3.63) is 23.8 Å². The summed E-state index contributed by atoms with van der Waals surface area (Å²) >= 11 is 0. The predicted octanol–water partition coefficient (Wildman–Crippen LogP) is 2.89. The van der Waals surface area contributed by atoms with Gasteiger partial charge in [0.15, 0.2) is 11.5 Å². The van der Waals surface area contributed by atoms with Crippen LogP contribution >= 0.6 is 12.4 Å². The smallest absolute Gasteiger partial charge is 0.387 e. The van der Waals surface area contributed by atoms with Gasteiger partial charge >= 0.3 is 6.61 Å². The highest BCUT2D eigenvalue weighted by Gasteiger charge is 2.18. The normalized spacial score (nSPS) is 16.4. The van der Waals surface area contributed by atoms with E-state index in [1.807, 2.05) is 0 Å². The van der Waals surface area contributed by atoms with Crippen LogP contribution < -0.4 is 15.2 Å². The molecule has 0 spiro atoms. The topological polar surface area (TPSA) is 47.7 Å². The van der Waals surface area contributed by atoms with Crippen molar-refractivity contribution >= 4 is 12.4 Å². The van der Waals surface area contributed by atoms with Gasteiger partial charge in [-0.25, -0.2) is 0 Å². The first kappa shape index (κ1) is 18.9. The lowest BCUT2D eigenvalue weighted by molar-refractivity contribution is -0.0512. The molecule has 7 heteroatoms. The highest BCUT2D eigenvalue weighted by atomic mass is 35.5. The second-order valence-electron chi connectivity index (χ2n) is 5.32. The second-order valence-corrected chi connectivity index (χ2v) is 5.32. The molecule has 1 aromatic rings. The van der Waals surface area contributed by atoms with E-state index in [2.05, 4.69) is 9.64 Å². The van der Waals surface area contributed by atoms with Crippen LogP contribution in [0.1, 0.15) is 18.4 Å². The maximum Gasteiger partial charge on any atom is 0.387 e. The fourth-order valence-corrected chi connectivity index (χ4v) is 2.64. The van der Waals surface area contributed by atoms with Gasteiger partial charge in [0.1, 0.15) is 0 Å². The molecule has 1 heterocycles. The monoisotopic (exact) mass is 336 g/mol. The standard InChI is InChI=1S/C15H22F2N2O2.ClH/c1-20-14-8-12(2-3-13(14)21-15(16)17)10-19-6-4-11(9-18)5-7-19;/h2-3,8,11,15H,4-7,9-10,18H2,1H3;1H. The molecule has 0 bridgehead atoms. The Labute approximate surface area is 136 Å². The third-order valence-electron chi connectivity index (χ3n) is 3.89. The second kappa shape index (κ2) is 9.12. The fourth-order valence-electron chi connectivity index (χ4n) is 2.64. The Morgan fingerprint density at radius 3 is 2.50 bits per heavy atom. The van der Waals surface area contributed by atoms with Gasteiger partial charge in [0.05, 0.1) is 7.11 Å². The van der Waals surface area contributed by atoms with Crippen LogP contribution in [0.3, 0.4) is 0 Å². The predicted molar refractivity (Wildman–Crippen MR) is 83.9 cm³/mol. The molecule has 2 N–H and O–H groups in total. The number of hydrogen-bond acceptors (Lipinski definition) is 4. The van der Waals surface area contributed by atoms with E-state index in [4.69, 9.17) is 10.5 Å². The Hall–Kier alpha value is -1.11. The van der Waals surface area contributed by atoms with Gasteiger partial charge < -0.3 is 15.2 Å². The Morgan fingerprint density at radius 1 is 1.27 bits per heavy atom. The number of rotatable bonds is 6. The summed E-state index contributed by atoms with van der Waals surface area (Å²) < 4.78 is 34.1. The van der Waals surface area contributed by atoms with Crippen LogP contribution in [0.25, 0.3) is 0 Å². The van der Waals surface area contributed by atoms with Gasteiger partial charge in [-0.15, -0.1) is 12.4 Å². The molecule has 126 valence electrons. The summed E-state index contributed by atoms with van der Waals surface area (Å²) in [5.41, 5.74) is 6.71. The van der Waals surface area contributed by atoms with Crippen molar-refractivity contribution in [2.45, 2.75) is 26.0 Å². The van der Waals surface area contributed by atoms with Crippen molar-refractivity contribution < 1.29 is 18.3 Å². The molecule has 1 aliphatic heterocycles. The van der Waals surface area contributed by atoms with Gasteiger partial charge in [0.2, 0.25) is 0 Å². The Kier molecular flexibility index (Phi) is 7.85. The lowest BCUT2D eigenvalue weighted by Crippen LogP contribution is -2.35. The molecule has 1 aromatic carbocycles. The quantitative estimate of drug-likeness (QED) is 0.867. The number of ether oxygens (including phenoxy) is 2. The molecule has 1 aliphatic rings. The molecule has 0 aliphatic carbocycles. The summed E-state index contributed by atoms with van der Waals surface area (Å²) in [7, 11) is 1.45. The molecule has 0 unspecified atom stereocenters. The van der Waals surface area contributed by atoms with Crippen LogP contribution in [0.4, 0.5) is 8.78 Å². The van der Waals surface area contributed by atoms with E-state index >= 15 is 0 Å². The summed E-state index contributed by atoms with van der Waals surface area (Å²) in [4.78, 5) is 2.34. The molecule has 0 saturated carbocycles. The lowest BCUT2D eigenvalue weighted by atomic mass is 9.97. The SMILES string of the molecule is COc1cc(CN2CCC(CN)CC2)ccc1OC(F)F.Cl. The minimum atomic E-state index is -2.85. The van der Waals surface area contributed by atoms with Crippen LogP contribution in [-0.2, 0) is 6.54 Å². The van der Waals surface area contributed by atoms with Gasteiger partial charge in [0, 0.05) is 6.54 Å². The van der Waals surface area contributed by atoms with E-state index < -0.39 is 6.61 Å². The van der Waals surface area contributed by atoms with Crippen LogP contribution in [0.2, 0.25) is 0 Å². The summed E-state index contributed by atoms with van der Waals surface area (Å²) in [5, 5.41) is 0. The largest absolute Gasteiger partial charge is 0.493 e. The molecule has 0 amide bonds. The number of hydrogen-bond donors (Lipinski definition) is 1. The zero-order chi connectivity index (χ0) is 15.2. The van der Waals surface area contributed by atoms with E-state index in [0.29, 0.717) is 11.7 Å². The fraction of sp³-hybridized carbons (Fsp3) is 0.600. The number of nitrogens with zero attached hydrogens (tertiary/aromatic N) is 1. The molecule has 22 heavy (non-hydrogen) atoms. The minimum absolute atomic E-state index is 0. The number of likely N-dealkylation sites (tertiary alicyclic amines) is 1. The van der Waals surface area contributed by atoms with Crippen molar-refractivity contribution in [2.75, 3.05) is 26.7 Å². The zero-order valence-electron chi connectivity index (χ0n) is 12.6. The molecule has 4 nitrogen and oxygen atoms in total. The van der Waals surface area contributed by atoms with Gasteiger partial charge in [-0.1, -0.05) is 6.07 Å². The molecule has 0 radical (unpaired) electrons. The zero-order valence-corrected chi connectivity index (χ0v) is 13.5. The number of alkyl halides is 2. The number of nitrogens with two attached hydrogens (primary N) is 1. The first-order chi connectivity index (χ1) is 10.1. The highest BCUT2D eigenvalue weighted by Crippen LogP contribution is 2.30. The van der Waals surface area contributed by atoms with Crippen molar-refractivity contribution in [1.29, 1.82) is 0 Å². The van der Waals surface area contributed by atoms with Crippen LogP contribution in [0.5, 0.6) is 11.5 Å². The Morgan fingerprint density at radius 2 is 1.95 bits per heavy atom. The first-order valence-electron chi connectivity index (χ1n) is 7.16. The lowest BCUT2D eigenvalue weighted by Gasteiger charge is -2.31. The van der Waals surface area contributed by atoms with E-state index in [-0.39, 0.29) is 18.2 Å². The van der Waals surface area contributed by atoms with Crippen LogP contribution in [-0.4, -0.2) is 38.3 Å². The maximum atomic E-state index is 12.3. The van der Waals surface area contributed by atoms with Gasteiger partial charge in [-0.05, 0) is 56.1 Å². The third-order valence-corrected chi connectivity index (χ3v) is 3.89. The number of halogens is 3. The third kappa shape index (κ3) is 5.26. The molecule has 1 fully saturated rings. The molecule has 2 rings (SSSR count). The van der Waals surface area contributed by atoms with Crippen molar-refractivity contribution in [2.24, 2.45) is 11.7 Å². The minimum Gasteiger partial charge on any atom is -0.493 e. The molecular weight excluding hydrogens is 314 g/mol. The molecule has 0 aromatic heterocycles. The highest BCUT2D eigenvalue weighted by molar-refractivity contribution is 5.85. The van der Waals surface area contributed by atoms with Gasteiger partial charge in [-0.2, -0.15) is 8.78 Å². The van der Waals surface area contributed by atoms with E-state index in [9.17, 15) is 8.78 Å². The van der Waals surface area contributed by atoms with Crippen LogP contribution in [0, 0.1) is 5.92 Å². The van der Waals surface area contributed by atoms with Crippen molar-refractivity contribution in [1.82, 2.24) is 4.90 Å². The van der Waals surface area contributed by atoms with Gasteiger partial charge in [-0.3, -0.25) is 4.90 Å². The van der Waals surface area contributed by atoms with Gasteiger partial charge in [0.25, 0.3) is 0 Å². The average molecular weight is 337 g/mol. The first-order valence-corrected chi connectivity index (χ1v) is 7.16. The molecule has 0 atom stereocenters. The summed E-state index contributed by atoms with van der Waals surface area (Å²) in [6.07, 6.45) is 2.22. The van der Waals surface area contributed by atoms with Crippen molar-refractivity contribution in [3.8, 4) is 11.5 Å². The number of piperidine rings is 1. The number of benzene rings is 1.